The minimum atomic E-state index is -0.411. The Bertz CT molecular complexity index is 183. The summed E-state index contributed by atoms with van der Waals surface area (Å²) in [6.07, 6.45) is 1.42. The molecular formula is C11H24N2O2. The van der Waals surface area contributed by atoms with Crippen LogP contribution in [0.1, 0.15) is 33.6 Å². The van der Waals surface area contributed by atoms with E-state index in [0.29, 0.717) is 31.2 Å². The van der Waals surface area contributed by atoms with Crippen molar-refractivity contribution in [3.8, 4) is 0 Å². The zero-order chi connectivity index (χ0) is 11.8. The molecule has 0 saturated carbocycles. The van der Waals surface area contributed by atoms with Gasteiger partial charge in [-0.15, -0.1) is 0 Å². The lowest BCUT2D eigenvalue weighted by Crippen LogP contribution is -2.42. The highest BCUT2D eigenvalue weighted by atomic mass is 16.3. The van der Waals surface area contributed by atoms with Crippen molar-refractivity contribution in [3.63, 3.8) is 0 Å². The first kappa shape index (κ1) is 14.4. The van der Waals surface area contributed by atoms with Crippen LogP contribution in [0.3, 0.4) is 0 Å². The van der Waals surface area contributed by atoms with Gasteiger partial charge in [-0.05, 0) is 24.7 Å². The molecule has 0 rings (SSSR count). The number of carbonyl (C=O) groups excluding carboxylic acids is 1. The van der Waals surface area contributed by atoms with Crippen LogP contribution in [-0.4, -0.2) is 30.2 Å². The molecule has 0 heterocycles. The molecule has 4 N–H and O–H groups in total. The molecule has 0 aliphatic carbocycles. The molecular weight excluding hydrogens is 192 g/mol. The second kappa shape index (κ2) is 7.65. The molecule has 0 bridgehead atoms. The highest BCUT2D eigenvalue weighted by molar-refractivity contribution is 5.81. The first-order chi connectivity index (χ1) is 6.97. The Kier molecular flexibility index (Phi) is 7.34. The predicted molar refractivity (Wildman–Crippen MR) is 61.3 cm³/mol. The van der Waals surface area contributed by atoms with Gasteiger partial charge < -0.3 is 16.2 Å². The van der Waals surface area contributed by atoms with Gasteiger partial charge >= 0.3 is 0 Å². The number of nitrogens with one attached hydrogen (secondary N) is 1. The molecule has 15 heavy (non-hydrogen) atoms. The zero-order valence-electron chi connectivity index (χ0n) is 9.99. The summed E-state index contributed by atoms with van der Waals surface area (Å²) in [5.41, 5.74) is 5.72. The van der Waals surface area contributed by atoms with Crippen LogP contribution < -0.4 is 11.1 Å². The predicted octanol–water partition coefficient (Wildman–Crippen LogP) is 0.495. The maximum atomic E-state index is 11.5. The molecule has 4 heteroatoms. The Morgan fingerprint density at radius 1 is 1.40 bits per heavy atom. The summed E-state index contributed by atoms with van der Waals surface area (Å²) in [6.45, 7) is 6.83. The topological polar surface area (TPSA) is 75.4 Å². The van der Waals surface area contributed by atoms with Crippen LogP contribution in [0.4, 0.5) is 0 Å². The summed E-state index contributed by atoms with van der Waals surface area (Å²) in [5, 5.41) is 11.5. The van der Waals surface area contributed by atoms with E-state index in [1.54, 1.807) is 0 Å². The summed E-state index contributed by atoms with van der Waals surface area (Å²) in [7, 11) is 0. The van der Waals surface area contributed by atoms with Crippen molar-refractivity contribution in [1.29, 1.82) is 0 Å². The lowest BCUT2D eigenvalue weighted by Gasteiger charge is -2.16. The first-order valence-corrected chi connectivity index (χ1v) is 5.61. The molecule has 1 amide bonds. The third-order valence-electron chi connectivity index (χ3n) is 2.31. The van der Waals surface area contributed by atoms with Crippen molar-refractivity contribution in [1.82, 2.24) is 5.32 Å². The summed E-state index contributed by atoms with van der Waals surface area (Å²) in [6, 6.07) is -0.411. The molecule has 0 aliphatic heterocycles. The van der Waals surface area contributed by atoms with Crippen LogP contribution >= 0.6 is 0 Å². The maximum Gasteiger partial charge on any atom is 0.236 e. The fourth-order valence-corrected chi connectivity index (χ4v) is 1.34. The smallest absolute Gasteiger partial charge is 0.236 e. The van der Waals surface area contributed by atoms with Crippen molar-refractivity contribution in [3.05, 3.63) is 0 Å². The number of rotatable bonds is 7. The Balaban J connectivity index is 3.72. The molecule has 90 valence electrons. The minimum absolute atomic E-state index is 0.0894. The van der Waals surface area contributed by atoms with Gasteiger partial charge in [0.05, 0.1) is 6.04 Å². The lowest BCUT2D eigenvalue weighted by atomic mass is 10.0. The molecule has 0 aliphatic rings. The third-order valence-corrected chi connectivity index (χ3v) is 2.31. The van der Waals surface area contributed by atoms with Gasteiger partial charge in [0.1, 0.15) is 0 Å². The first-order valence-electron chi connectivity index (χ1n) is 5.61. The average molecular weight is 216 g/mol. The van der Waals surface area contributed by atoms with Gasteiger partial charge in [-0.3, -0.25) is 4.79 Å². The minimum Gasteiger partial charge on any atom is -0.396 e. The van der Waals surface area contributed by atoms with E-state index in [0.717, 1.165) is 0 Å². The molecule has 2 atom stereocenters. The van der Waals surface area contributed by atoms with E-state index < -0.39 is 6.04 Å². The van der Waals surface area contributed by atoms with Crippen molar-refractivity contribution < 1.29 is 9.90 Å². The van der Waals surface area contributed by atoms with Crippen LogP contribution in [0.2, 0.25) is 0 Å². The number of amides is 1. The normalized spacial score (nSPS) is 15.1. The Morgan fingerprint density at radius 2 is 2.00 bits per heavy atom. The summed E-state index contributed by atoms with van der Waals surface area (Å²) >= 11 is 0. The number of hydrogen-bond donors (Lipinski definition) is 3. The average Bonchev–Trinajstić information content (AvgIpc) is 2.13. The molecule has 0 saturated heterocycles. The fraction of sp³-hybridized carbons (Fsp3) is 0.909. The van der Waals surface area contributed by atoms with Crippen LogP contribution in [0.25, 0.3) is 0 Å². The van der Waals surface area contributed by atoms with Crippen LogP contribution in [-0.2, 0) is 4.79 Å². The summed E-state index contributed by atoms with van der Waals surface area (Å²) in [5.74, 6) is 0.638. The number of nitrogens with two attached hydrogens (primary N) is 1. The van der Waals surface area contributed by atoms with Gasteiger partial charge in [-0.1, -0.05) is 20.8 Å². The largest absolute Gasteiger partial charge is 0.396 e. The Labute approximate surface area is 92.2 Å². The number of aliphatic hydroxyl groups excluding tert-OH is 1. The van der Waals surface area contributed by atoms with E-state index in [-0.39, 0.29) is 12.5 Å². The van der Waals surface area contributed by atoms with Crippen molar-refractivity contribution in [2.24, 2.45) is 17.6 Å². The van der Waals surface area contributed by atoms with Gasteiger partial charge in [-0.2, -0.15) is 0 Å². The van der Waals surface area contributed by atoms with E-state index in [4.69, 9.17) is 10.8 Å². The molecule has 0 radical (unpaired) electrons. The monoisotopic (exact) mass is 216 g/mol. The molecule has 0 aromatic rings. The van der Waals surface area contributed by atoms with E-state index in [1.165, 1.54) is 0 Å². The Morgan fingerprint density at radius 3 is 2.47 bits per heavy atom. The zero-order valence-corrected chi connectivity index (χ0v) is 9.99. The van der Waals surface area contributed by atoms with E-state index in [9.17, 15) is 4.79 Å². The quantitative estimate of drug-likeness (QED) is 0.580. The molecule has 0 spiro atoms. The maximum absolute atomic E-state index is 11.5. The van der Waals surface area contributed by atoms with E-state index in [2.05, 4.69) is 5.32 Å². The molecule has 1 unspecified atom stereocenters. The van der Waals surface area contributed by atoms with E-state index >= 15 is 0 Å². The highest BCUT2D eigenvalue weighted by Gasteiger charge is 2.15. The SMILES string of the molecule is CC(C)C[C@H](N)C(=O)NCC(C)CCO. The van der Waals surface area contributed by atoms with Gasteiger partial charge in [0.25, 0.3) is 0 Å². The highest BCUT2D eigenvalue weighted by Crippen LogP contribution is 2.03. The number of hydrogen-bond acceptors (Lipinski definition) is 3. The molecule has 0 aromatic carbocycles. The molecule has 0 aromatic heterocycles. The lowest BCUT2D eigenvalue weighted by molar-refractivity contribution is -0.122. The third kappa shape index (κ3) is 7.33. The molecule has 4 nitrogen and oxygen atoms in total. The van der Waals surface area contributed by atoms with Gasteiger partial charge in [0.2, 0.25) is 5.91 Å². The van der Waals surface area contributed by atoms with Gasteiger partial charge in [0, 0.05) is 13.2 Å². The van der Waals surface area contributed by atoms with E-state index in [1.807, 2.05) is 20.8 Å². The van der Waals surface area contributed by atoms with Crippen LogP contribution in [0.15, 0.2) is 0 Å². The van der Waals surface area contributed by atoms with Gasteiger partial charge in [-0.25, -0.2) is 0 Å². The van der Waals surface area contributed by atoms with Crippen LogP contribution in [0.5, 0.6) is 0 Å². The summed E-state index contributed by atoms with van der Waals surface area (Å²) < 4.78 is 0. The fourth-order valence-electron chi connectivity index (χ4n) is 1.34. The summed E-state index contributed by atoms with van der Waals surface area (Å²) in [4.78, 5) is 11.5. The van der Waals surface area contributed by atoms with Gasteiger partial charge in [0.15, 0.2) is 0 Å². The number of carbonyl (C=O) groups is 1. The molecule has 0 fully saturated rings. The second-order valence-electron chi connectivity index (χ2n) is 4.60. The Hall–Kier alpha value is -0.610. The van der Waals surface area contributed by atoms with Crippen molar-refractivity contribution in [2.75, 3.05) is 13.2 Å². The van der Waals surface area contributed by atoms with Crippen molar-refractivity contribution >= 4 is 5.91 Å². The van der Waals surface area contributed by atoms with Crippen molar-refractivity contribution in [2.45, 2.75) is 39.7 Å². The number of aliphatic hydroxyl groups is 1. The standard InChI is InChI=1S/C11H24N2O2/c1-8(2)6-10(12)11(15)13-7-9(3)4-5-14/h8-10,14H,4-7,12H2,1-3H3,(H,13,15)/t9?,10-/m0/s1. The van der Waals surface area contributed by atoms with Crippen LogP contribution in [0, 0.1) is 11.8 Å². The second-order valence-corrected chi connectivity index (χ2v) is 4.60.